The lowest BCUT2D eigenvalue weighted by atomic mass is 10.2. The molecule has 1 aromatic heterocycles. The molecule has 16 heavy (non-hydrogen) atoms. The van der Waals surface area contributed by atoms with Gasteiger partial charge in [0.25, 0.3) is 0 Å². The first-order valence-corrected chi connectivity index (χ1v) is 6.06. The molecule has 84 valence electrons. The van der Waals surface area contributed by atoms with Crippen LogP contribution in [0.5, 0.6) is 0 Å². The molecule has 3 rings (SSSR count). The molecule has 0 unspecified atom stereocenters. The summed E-state index contributed by atoms with van der Waals surface area (Å²) in [4.78, 5) is 4.71. The molecule has 1 aromatic carbocycles. The summed E-state index contributed by atoms with van der Waals surface area (Å²) in [6, 6.07) is 9.03. The van der Waals surface area contributed by atoms with Crippen molar-refractivity contribution in [2.24, 2.45) is 0 Å². The second kappa shape index (κ2) is 3.91. The van der Waals surface area contributed by atoms with E-state index in [4.69, 9.17) is 4.98 Å². The first kappa shape index (κ1) is 9.85. The number of aryl methyl sites for hydroxylation is 1. The topological polar surface area (TPSA) is 29.9 Å². The lowest BCUT2D eigenvalue weighted by Gasteiger charge is -2.14. The quantitative estimate of drug-likeness (QED) is 0.831. The molecule has 3 heteroatoms. The van der Waals surface area contributed by atoms with Crippen LogP contribution in [-0.2, 0) is 6.42 Å². The van der Waals surface area contributed by atoms with E-state index in [1.807, 2.05) is 0 Å². The van der Waals surface area contributed by atoms with Crippen molar-refractivity contribution in [2.75, 3.05) is 13.1 Å². The molecular formula is C13H17N3. The van der Waals surface area contributed by atoms with E-state index in [0.29, 0.717) is 6.04 Å². The highest BCUT2D eigenvalue weighted by molar-refractivity contribution is 5.76. The minimum atomic E-state index is 0.586. The first-order chi connectivity index (χ1) is 7.90. The van der Waals surface area contributed by atoms with Gasteiger partial charge in [0.2, 0.25) is 0 Å². The van der Waals surface area contributed by atoms with Gasteiger partial charge in [0, 0.05) is 19.0 Å². The zero-order valence-corrected chi connectivity index (χ0v) is 9.61. The molecule has 1 N–H and O–H groups in total. The number of hydrogen-bond acceptors (Lipinski definition) is 2. The van der Waals surface area contributed by atoms with Crippen LogP contribution in [0.1, 0.15) is 25.2 Å². The lowest BCUT2D eigenvalue weighted by molar-refractivity contribution is 0.539. The lowest BCUT2D eigenvalue weighted by Crippen LogP contribution is -2.15. The van der Waals surface area contributed by atoms with Gasteiger partial charge in [-0.1, -0.05) is 19.1 Å². The van der Waals surface area contributed by atoms with Crippen LogP contribution < -0.4 is 5.32 Å². The summed E-state index contributed by atoms with van der Waals surface area (Å²) in [5.41, 5.74) is 2.42. The fourth-order valence-corrected chi connectivity index (χ4v) is 2.61. The van der Waals surface area contributed by atoms with Crippen molar-refractivity contribution in [3.63, 3.8) is 0 Å². The first-order valence-electron chi connectivity index (χ1n) is 6.06. The van der Waals surface area contributed by atoms with Gasteiger partial charge in [-0.25, -0.2) is 4.98 Å². The summed E-state index contributed by atoms with van der Waals surface area (Å²) in [6.07, 6.45) is 2.22. The average molecular weight is 215 g/mol. The van der Waals surface area contributed by atoms with Crippen LogP contribution in [0.15, 0.2) is 24.3 Å². The molecule has 1 aliphatic rings. The van der Waals surface area contributed by atoms with Crippen molar-refractivity contribution in [3.05, 3.63) is 30.1 Å². The van der Waals surface area contributed by atoms with Gasteiger partial charge in [-0.3, -0.25) is 0 Å². The maximum atomic E-state index is 4.71. The maximum Gasteiger partial charge on any atom is 0.109 e. The van der Waals surface area contributed by atoms with Crippen LogP contribution in [0.4, 0.5) is 0 Å². The smallest absolute Gasteiger partial charge is 0.109 e. The second-order valence-electron chi connectivity index (χ2n) is 4.39. The number of benzene rings is 1. The summed E-state index contributed by atoms with van der Waals surface area (Å²) in [5.74, 6) is 1.22. The van der Waals surface area contributed by atoms with Crippen molar-refractivity contribution >= 4 is 11.0 Å². The highest BCUT2D eigenvalue weighted by Crippen LogP contribution is 2.25. The van der Waals surface area contributed by atoms with Crippen molar-refractivity contribution in [3.8, 4) is 0 Å². The Bertz CT molecular complexity index is 495. The SMILES string of the molecule is CCc1nc2ccccc2n1[C@@H]1CCNC1. The van der Waals surface area contributed by atoms with Gasteiger partial charge in [-0.05, 0) is 25.1 Å². The molecular weight excluding hydrogens is 198 g/mol. The normalized spacial score (nSPS) is 20.7. The second-order valence-corrected chi connectivity index (χ2v) is 4.39. The fourth-order valence-electron chi connectivity index (χ4n) is 2.61. The summed E-state index contributed by atoms with van der Waals surface area (Å²) in [7, 11) is 0. The molecule has 0 bridgehead atoms. The van der Waals surface area contributed by atoms with Crippen LogP contribution in [0.25, 0.3) is 11.0 Å². The van der Waals surface area contributed by atoms with Gasteiger partial charge in [0.1, 0.15) is 5.82 Å². The van der Waals surface area contributed by atoms with Crippen LogP contribution >= 0.6 is 0 Å². The summed E-state index contributed by atoms with van der Waals surface area (Å²) in [6.45, 7) is 4.38. The molecule has 2 aromatic rings. The molecule has 1 fully saturated rings. The summed E-state index contributed by atoms with van der Waals surface area (Å²) < 4.78 is 2.43. The minimum Gasteiger partial charge on any atom is -0.324 e. The van der Waals surface area contributed by atoms with E-state index >= 15 is 0 Å². The molecule has 3 nitrogen and oxygen atoms in total. The highest BCUT2D eigenvalue weighted by Gasteiger charge is 2.21. The number of fused-ring (bicyclic) bond motifs is 1. The molecule has 0 saturated carbocycles. The summed E-state index contributed by atoms with van der Waals surface area (Å²) >= 11 is 0. The Morgan fingerprint density at radius 3 is 3.06 bits per heavy atom. The minimum absolute atomic E-state index is 0.586. The fraction of sp³-hybridized carbons (Fsp3) is 0.462. The number of imidazole rings is 1. The standard InChI is InChI=1S/C13H17N3/c1-2-13-15-11-5-3-4-6-12(11)16(13)10-7-8-14-9-10/h3-6,10,14H,2,7-9H2,1H3/t10-/m1/s1. The Hall–Kier alpha value is -1.35. The maximum absolute atomic E-state index is 4.71. The van der Waals surface area contributed by atoms with Crippen molar-refractivity contribution in [1.29, 1.82) is 0 Å². The van der Waals surface area contributed by atoms with Crippen LogP contribution in [-0.4, -0.2) is 22.6 Å². The number of aromatic nitrogens is 2. The number of rotatable bonds is 2. The van der Waals surface area contributed by atoms with E-state index < -0.39 is 0 Å². The van der Waals surface area contributed by atoms with Gasteiger partial charge < -0.3 is 9.88 Å². The van der Waals surface area contributed by atoms with Gasteiger partial charge >= 0.3 is 0 Å². The third kappa shape index (κ3) is 1.43. The van der Waals surface area contributed by atoms with Crippen LogP contribution in [0, 0.1) is 0 Å². The Kier molecular flexibility index (Phi) is 2.40. The van der Waals surface area contributed by atoms with Crippen LogP contribution in [0.3, 0.4) is 0 Å². The van der Waals surface area contributed by atoms with Gasteiger partial charge in [0.15, 0.2) is 0 Å². The van der Waals surface area contributed by atoms with E-state index in [9.17, 15) is 0 Å². The molecule has 0 amide bonds. The van der Waals surface area contributed by atoms with Gasteiger partial charge in [-0.15, -0.1) is 0 Å². The van der Waals surface area contributed by atoms with E-state index in [2.05, 4.69) is 41.1 Å². The third-order valence-corrected chi connectivity index (χ3v) is 3.38. The van der Waals surface area contributed by atoms with E-state index in [0.717, 1.165) is 25.0 Å². The van der Waals surface area contributed by atoms with Crippen molar-refractivity contribution in [1.82, 2.24) is 14.9 Å². The van der Waals surface area contributed by atoms with E-state index in [-0.39, 0.29) is 0 Å². The Morgan fingerprint density at radius 2 is 2.31 bits per heavy atom. The average Bonchev–Trinajstić information content (AvgIpc) is 2.94. The zero-order valence-electron chi connectivity index (χ0n) is 9.61. The Morgan fingerprint density at radius 1 is 1.44 bits per heavy atom. The Balaban J connectivity index is 2.18. The predicted octanol–water partition coefficient (Wildman–Crippen LogP) is 2.13. The largest absolute Gasteiger partial charge is 0.324 e. The summed E-state index contributed by atoms with van der Waals surface area (Å²) in [5, 5.41) is 3.43. The molecule has 0 aliphatic carbocycles. The number of nitrogens with zero attached hydrogens (tertiary/aromatic N) is 2. The number of hydrogen-bond donors (Lipinski definition) is 1. The van der Waals surface area contributed by atoms with Gasteiger partial charge in [0.05, 0.1) is 11.0 Å². The van der Waals surface area contributed by atoms with Crippen molar-refractivity contribution < 1.29 is 0 Å². The van der Waals surface area contributed by atoms with E-state index in [1.165, 1.54) is 17.8 Å². The Labute approximate surface area is 95.5 Å². The van der Waals surface area contributed by atoms with Crippen LogP contribution in [0.2, 0.25) is 0 Å². The number of para-hydroxylation sites is 2. The molecule has 1 aliphatic heterocycles. The number of nitrogens with one attached hydrogen (secondary N) is 1. The predicted molar refractivity (Wildman–Crippen MR) is 65.6 cm³/mol. The molecule has 1 atom stereocenters. The third-order valence-electron chi connectivity index (χ3n) is 3.38. The highest BCUT2D eigenvalue weighted by atomic mass is 15.1. The van der Waals surface area contributed by atoms with Gasteiger partial charge in [-0.2, -0.15) is 0 Å². The molecule has 2 heterocycles. The van der Waals surface area contributed by atoms with Crippen molar-refractivity contribution in [2.45, 2.75) is 25.8 Å². The van der Waals surface area contributed by atoms with E-state index in [1.54, 1.807) is 0 Å². The molecule has 1 saturated heterocycles. The molecule has 0 radical (unpaired) electrons. The molecule has 0 spiro atoms. The zero-order chi connectivity index (χ0) is 11.0. The monoisotopic (exact) mass is 215 g/mol.